The quantitative estimate of drug-likeness (QED) is 0.361. The van der Waals surface area contributed by atoms with Gasteiger partial charge in [-0.3, -0.25) is 9.78 Å². The van der Waals surface area contributed by atoms with Crippen LogP contribution in [-0.4, -0.2) is 58.2 Å². The lowest BCUT2D eigenvalue weighted by Gasteiger charge is -2.28. The van der Waals surface area contributed by atoms with Gasteiger partial charge in [0.05, 0.1) is 39.9 Å². The van der Waals surface area contributed by atoms with Crippen LogP contribution >= 0.6 is 11.6 Å². The number of anilines is 2. The standard InChI is InChI=1S/C28H31ClFN5O4/c1-28(2,3)39-27(37)35-13-5-6-16(35)15-38-21-14-31-11-9-17(21)24-25(22-19(33-24)10-12-32-26(22)36)34-20-8-4-7-18(30)23(20)29/h4,7-9,11,14,16,33-34H,5-6,10,12-13,15H2,1-3H3,(H,32,36)/t16-/m0/s1. The summed E-state index contributed by atoms with van der Waals surface area (Å²) in [6.45, 7) is 6.86. The molecule has 1 saturated heterocycles. The highest BCUT2D eigenvalue weighted by molar-refractivity contribution is 6.33. The first-order valence-corrected chi connectivity index (χ1v) is 13.3. The number of ether oxygens (including phenoxy) is 2. The third kappa shape index (κ3) is 5.66. The fraction of sp³-hybridized carbons (Fsp3) is 0.393. The van der Waals surface area contributed by atoms with Crippen LogP contribution in [0.4, 0.5) is 20.6 Å². The zero-order valence-corrected chi connectivity index (χ0v) is 22.8. The average molecular weight is 556 g/mol. The first kappa shape index (κ1) is 26.8. The summed E-state index contributed by atoms with van der Waals surface area (Å²) in [6, 6.07) is 6.08. The molecule has 9 nitrogen and oxygen atoms in total. The van der Waals surface area contributed by atoms with Crippen LogP contribution in [0.2, 0.25) is 5.02 Å². The van der Waals surface area contributed by atoms with Crippen molar-refractivity contribution in [2.45, 2.75) is 51.7 Å². The van der Waals surface area contributed by atoms with Crippen molar-refractivity contribution in [1.82, 2.24) is 20.2 Å². The van der Waals surface area contributed by atoms with E-state index in [2.05, 4.69) is 20.6 Å². The molecule has 0 spiro atoms. The van der Waals surface area contributed by atoms with Crippen molar-refractivity contribution < 1.29 is 23.5 Å². The predicted octanol–water partition coefficient (Wildman–Crippen LogP) is 5.68. The molecule has 2 aliphatic rings. The van der Waals surface area contributed by atoms with Crippen LogP contribution in [0.15, 0.2) is 36.7 Å². The van der Waals surface area contributed by atoms with Gasteiger partial charge >= 0.3 is 6.09 Å². The minimum Gasteiger partial charge on any atom is -0.489 e. The highest BCUT2D eigenvalue weighted by Crippen LogP contribution is 2.41. The summed E-state index contributed by atoms with van der Waals surface area (Å²) >= 11 is 6.24. The highest BCUT2D eigenvalue weighted by atomic mass is 35.5. The Kier molecular flexibility index (Phi) is 7.40. The largest absolute Gasteiger partial charge is 0.489 e. The van der Waals surface area contributed by atoms with E-state index in [-0.39, 0.29) is 29.7 Å². The molecule has 206 valence electrons. The second-order valence-corrected chi connectivity index (χ2v) is 11.0. The summed E-state index contributed by atoms with van der Waals surface area (Å²) in [7, 11) is 0. The van der Waals surface area contributed by atoms with Gasteiger partial charge < -0.3 is 30.0 Å². The van der Waals surface area contributed by atoms with Gasteiger partial charge in [0, 0.05) is 37.0 Å². The van der Waals surface area contributed by atoms with Crippen molar-refractivity contribution in [1.29, 1.82) is 0 Å². The van der Waals surface area contributed by atoms with Crippen molar-refractivity contribution >= 4 is 35.0 Å². The van der Waals surface area contributed by atoms with Crippen LogP contribution in [0.3, 0.4) is 0 Å². The summed E-state index contributed by atoms with van der Waals surface area (Å²) in [5, 5.41) is 5.96. The van der Waals surface area contributed by atoms with E-state index < -0.39 is 11.4 Å². The minimum atomic E-state index is -0.589. The molecule has 3 aromatic rings. The first-order valence-electron chi connectivity index (χ1n) is 12.9. The molecule has 0 bridgehead atoms. The third-order valence-electron chi connectivity index (χ3n) is 6.67. The van der Waals surface area contributed by atoms with Gasteiger partial charge in [-0.2, -0.15) is 0 Å². The lowest BCUT2D eigenvalue weighted by molar-refractivity contribution is 0.0187. The Balaban J connectivity index is 1.46. The van der Waals surface area contributed by atoms with Crippen molar-refractivity contribution in [2.24, 2.45) is 0 Å². The lowest BCUT2D eigenvalue weighted by atomic mass is 10.0. The van der Waals surface area contributed by atoms with Gasteiger partial charge in [-0.15, -0.1) is 0 Å². The maximum absolute atomic E-state index is 14.2. The Morgan fingerprint density at radius 1 is 1.31 bits per heavy atom. The van der Waals surface area contributed by atoms with E-state index in [0.717, 1.165) is 18.5 Å². The monoisotopic (exact) mass is 555 g/mol. The summed E-state index contributed by atoms with van der Waals surface area (Å²) in [4.78, 5) is 35.0. The molecule has 1 aromatic carbocycles. The molecule has 11 heteroatoms. The minimum absolute atomic E-state index is 0.0794. The number of amides is 2. The number of aromatic nitrogens is 2. The number of fused-ring (bicyclic) bond motifs is 1. The smallest absolute Gasteiger partial charge is 0.410 e. The molecule has 0 saturated carbocycles. The van der Waals surface area contributed by atoms with Crippen molar-refractivity contribution in [2.75, 3.05) is 25.0 Å². The van der Waals surface area contributed by atoms with Gasteiger partial charge in [-0.25, -0.2) is 9.18 Å². The Morgan fingerprint density at radius 3 is 2.92 bits per heavy atom. The average Bonchev–Trinajstić information content (AvgIpc) is 3.50. The zero-order chi connectivity index (χ0) is 27.7. The third-order valence-corrected chi connectivity index (χ3v) is 7.05. The maximum Gasteiger partial charge on any atom is 0.410 e. The molecular formula is C28H31ClFN5O4. The van der Waals surface area contributed by atoms with E-state index in [1.165, 1.54) is 6.07 Å². The van der Waals surface area contributed by atoms with Gasteiger partial charge in [0.25, 0.3) is 5.91 Å². The molecule has 0 unspecified atom stereocenters. The maximum atomic E-state index is 14.2. The van der Waals surface area contributed by atoms with Crippen LogP contribution in [-0.2, 0) is 11.2 Å². The fourth-order valence-corrected chi connectivity index (χ4v) is 5.07. The SMILES string of the molecule is CC(C)(C)OC(=O)N1CCC[C@H]1COc1cnccc1-c1[nH]c2c(c1Nc1cccc(F)c1Cl)C(=O)NCC2. The second kappa shape index (κ2) is 10.8. The molecule has 3 N–H and O–H groups in total. The number of carbonyl (C=O) groups excluding carboxylic acids is 2. The normalized spacial score (nSPS) is 17.0. The molecule has 39 heavy (non-hydrogen) atoms. The van der Waals surface area contributed by atoms with Gasteiger partial charge in [0.2, 0.25) is 0 Å². The first-order chi connectivity index (χ1) is 18.6. The van der Waals surface area contributed by atoms with E-state index in [1.807, 2.05) is 20.8 Å². The molecule has 4 heterocycles. The number of nitrogens with zero attached hydrogens (tertiary/aromatic N) is 2. The highest BCUT2D eigenvalue weighted by Gasteiger charge is 2.33. The van der Waals surface area contributed by atoms with Crippen LogP contribution < -0.4 is 15.4 Å². The molecule has 0 aliphatic carbocycles. The van der Waals surface area contributed by atoms with Crippen molar-refractivity contribution in [3.05, 3.63) is 58.8 Å². The Hall–Kier alpha value is -3.79. The van der Waals surface area contributed by atoms with Crippen LogP contribution in [0.1, 0.15) is 49.7 Å². The molecule has 0 radical (unpaired) electrons. The number of halogens is 2. The molecule has 2 aliphatic heterocycles. The number of likely N-dealkylation sites (tertiary alicyclic amines) is 1. The number of H-pyrrole nitrogens is 1. The number of hydrogen-bond acceptors (Lipinski definition) is 6. The lowest BCUT2D eigenvalue weighted by Crippen LogP contribution is -2.42. The van der Waals surface area contributed by atoms with Crippen LogP contribution in [0.5, 0.6) is 5.75 Å². The number of pyridine rings is 1. The van der Waals surface area contributed by atoms with Gasteiger partial charge in [0.15, 0.2) is 0 Å². The van der Waals surface area contributed by atoms with Crippen molar-refractivity contribution in [3.63, 3.8) is 0 Å². The van der Waals surface area contributed by atoms with E-state index in [1.54, 1.807) is 35.5 Å². The molecule has 2 amide bonds. The molecule has 5 rings (SSSR count). The van der Waals surface area contributed by atoms with E-state index in [0.29, 0.717) is 53.5 Å². The molecule has 2 aromatic heterocycles. The Morgan fingerprint density at radius 2 is 2.13 bits per heavy atom. The topological polar surface area (TPSA) is 109 Å². The Labute approximate surface area is 231 Å². The fourth-order valence-electron chi connectivity index (χ4n) is 4.90. The predicted molar refractivity (Wildman–Crippen MR) is 146 cm³/mol. The van der Waals surface area contributed by atoms with Gasteiger partial charge in [-0.1, -0.05) is 17.7 Å². The van der Waals surface area contributed by atoms with E-state index in [9.17, 15) is 14.0 Å². The second-order valence-electron chi connectivity index (χ2n) is 10.6. The Bertz CT molecular complexity index is 1400. The number of benzene rings is 1. The number of rotatable bonds is 6. The van der Waals surface area contributed by atoms with E-state index in [4.69, 9.17) is 21.1 Å². The summed E-state index contributed by atoms with van der Waals surface area (Å²) in [5.74, 6) is -0.346. The zero-order valence-electron chi connectivity index (χ0n) is 22.1. The van der Waals surface area contributed by atoms with Gasteiger partial charge in [0.1, 0.15) is 23.8 Å². The van der Waals surface area contributed by atoms with Gasteiger partial charge in [-0.05, 0) is 51.8 Å². The number of hydrogen-bond donors (Lipinski definition) is 3. The van der Waals surface area contributed by atoms with Crippen LogP contribution in [0.25, 0.3) is 11.3 Å². The molecular weight excluding hydrogens is 525 g/mol. The molecule has 1 fully saturated rings. The van der Waals surface area contributed by atoms with E-state index >= 15 is 0 Å². The number of carbonyl (C=O) groups is 2. The number of aromatic amines is 1. The molecule has 1 atom stereocenters. The summed E-state index contributed by atoms with van der Waals surface area (Å²) in [5.41, 5.74) is 2.63. The van der Waals surface area contributed by atoms with Crippen molar-refractivity contribution in [3.8, 4) is 17.0 Å². The van der Waals surface area contributed by atoms with Crippen LogP contribution in [0, 0.1) is 5.82 Å². The summed E-state index contributed by atoms with van der Waals surface area (Å²) < 4.78 is 26.0. The number of nitrogens with one attached hydrogen (secondary N) is 3. The summed E-state index contributed by atoms with van der Waals surface area (Å²) in [6.07, 6.45) is 5.11.